The van der Waals surface area contributed by atoms with Crippen LogP contribution in [0, 0.1) is 6.92 Å². The topological polar surface area (TPSA) is 0 Å². The maximum Gasteiger partial charge on any atom is -0.00134 e. The molecule has 0 aromatic heterocycles. The molecule has 0 fully saturated rings. The molecule has 0 saturated carbocycles. The highest BCUT2D eigenvalue weighted by molar-refractivity contribution is 5.76. The molecule has 0 aliphatic heterocycles. The van der Waals surface area contributed by atoms with Gasteiger partial charge < -0.3 is 0 Å². The van der Waals surface area contributed by atoms with Gasteiger partial charge in [-0.3, -0.25) is 0 Å². The SMILES string of the molecule is CCC.Cc1ccc2c(c1)Cc1ccccc1-2. The van der Waals surface area contributed by atoms with Gasteiger partial charge in [-0.15, -0.1) is 0 Å². The highest BCUT2D eigenvalue weighted by Crippen LogP contribution is 2.36. The Morgan fingerprint density at radius 3 is 2.29 bits per heavy atom. The second-order valence-electron chi connectivity index (χ2n) is 4.70. The van der Waals surface area contributed by atoms with E-state index in [1.165, 1.54) is 34.2 Å². The Kier molecular flexibility index (Phi) is 3.63. The van der Waals surface area contributed by atoms with Gasteiger partial charge in [0.05, 0.1) is 0 Å². The van der Waals surface area contributed by atoms with Gasteiger partial charge in [-0.1, -0.05) is 68.3 Å². The summed E-state index contributed by atoms with van der Waals surface area (Å²) in [7, 11) is 0. The number of hydrogen-bond acceptors (Lipinski definition) is 0. The first-order valence-electron chi connectivity index (χ1n) is 6.44. The second kappa shape index (κ2) is 5.18. The molecule has 17 heavy (non-hydrogen) atoms. The Morgan fingerprint density at radius 1 is 0.882 bits per heavy atom. The number of fused-ring (bicyclic) bond motifs is 3. The fraction of sp³-hybridized carbons (Fsp3) is 0.294. The molecule has 1 aliphatic rings. The molecule has 0 unspecified atom stereocenters. The van der Waals surface area contributed by atoms with E-state index in [1.807, 2.05) is 0 Å². The van der Waals surface area contributed by atoms with Crippen molar-refractivity contribution >= 4 is 0 Å². The van der Waals surface area contributed by atoms with E-state index >= 15 is 0 Å². The van der Waals surface area contributed by atoms with E-state index in [4.69, 9.17) is 0 Å². The van der Waals surface area contributed by atoms with E-state index < -0.39 is 0 Å². The van der Waals surface area contributed by atoms with Crippen molar-refractivity contribution in [3.63, 3.8) is 0 Å². The van der Waals surface area contributed by atoms with Gasteiger partial charge in [0.1, 0.15) is 0 Å². The van der Waals surface area contributed by atoms with Crippen molar-refractivity contribution in [2.24, 2.45) is 0 Å². The summed E-state index contributed by atoms with van der Waals surface area (Å²) in [6.07, 6.45) is 2.35. The van der Waals surface area contributed by atoms with Gasteiger partial charge in [-0.25, -0.2) is 0 Å². The fourth-order valence-electron chi connectivity index (χ4n) is 2.27. The number of hydrogen-bond donors (Lipinski definition) is 0. The highest BCUT2D eigenvalue weighted by Gasteiger charge is 2.16. The van der Waals surface area contributed by atoms with E-state index in [0.717, 1.165) is 6.42 Å². The molecular formula is C17H20. The van der Waals surface area contributed by atoms with Crippen molar-refractivity contribution in [3.05, 3.63) is 59.2 Å². The first-order chi connectivity index (χ1) is 8.26. The lowest BCUT2D eigenvalue weighted by atomic mass is 10.0. The minimum absolute atomic E-state index is 1.10. The fourth-order valence-corrected chi connectivity index (χ4v) is 2.27. The maximum atomic E-state index is 2.30. The Hall–Kier alpha value is -1.56. The lowest BCUT2D eigenvalue weighted by Gasteiger charge is -2.00. The quantitative estimate of drug-likeness (QED) is 0.505. The number of rotatable bonds is 0. The number of benzene rings is 2. The average molecular weight is 224 g/mol. The second-order valence-corrected chi connectivity index (χ2v) is 4.70. The summed E-state index contributed by atoms with van der Waals surface area (Å²) >= 11 is 0. The number of aryl methyl sites for hydroxylation is 1. The molecule has 2 aromatic carbocycles. The van der Waals surface area contributed by atoms with Crippen molar-refractivity contribution in [2.45, 2.75) is 33.6 Å². The summed E-state index contributed by atoms with van der Waals surface area (Å²) in [6, 6.07) is 15.4. The summed E-state index contributed by atoms with van der Waals surface area (Å²) in [5, 5.41) is 0. The minimum Gasteiger partial charge on any atom is -0.0656 e. The van der Waals surface area contributed by atoms with E-state index in [2.05, 4.69) is 63.2 Å². The average Bonchev–Trinajstić information content (AvgIpc) is 2.67. The van der Waals surface area contributed by atoms with Gasteiger partial charge in [0, 0.05) is 0 Å². The zero-order valence-electron chi connectivity index (χ0n) is 11.0. The molecule has 3 rings (SSSR count). The molecule has 1 aliphatic carbocycles. The lowest BCUT2D eigenvalue weighted by Crippen LogP contribution is -1.80. The van der Waals surface area contributed by atoms with Gasteiger partial charge in [-0.05, 0) is 35.6 Å². The largest absolute Gasteiger partial charge is 0.0656 e. The first-order valence-corrected chi connectivity index (χ1v) is 6.44. The lowest BCUT2D eigenvalue weighted by molar-refractivity contribution is 1.09. The van der Waals surface area contributed by atoms with E-state index in [0.29, 0.717) is 0 Å². The molecule has 2 aromatic rings. The zero-order valence-corrected chi connectivity index (χ0v) is 11.0. The van der Waals surface area contributed by atoms with Crippen LogP contribution in [-0.2, 0) is 6.42 Å². The van der Waals surface area contributed by atoms with Gasteiger partial charge in [0.2, 0.25) is 0 Å². The van der Waals surface area contributed by atoms with Crippen LogP contribution in [0.2, 0.25) is 0 Å². The van der Waals surface area contributed by atoms with Crippen LogP contribution in [0.1, 0.15) is 37.0 Å². The predicted molar refractivity (Wildman–Crippen MR) is 75.4 cm³/mol. The third-order valence-electron chi connectivity index (χ3n) is 2.95. The molecular weight excluding hydrogens is 204 g/mol. The summed E-state index contributed by atoms with van der Waals surface area (Å²) in [6.45, 7) is 6.41. The molecule has 0 heteroatoms. The van der Waals surface area contributed by atoms with Crippen molar-refractivity contribution in [3.8, 4) is 11.1 Å². The summed E-state index contributed by atoms with van der Waals surface area (Å²) in [5.41, 5.74) is 7.14. The van der Waals surface area contributed by atoms with Crippen LogP contribution >= 0.6 is 0 Å². The van der Waals surface area contributed by atoms with Crippen LogP contribution < -0.4 is 0 Å². The third kappa shape index (κ3) is 2.41. The van der Waals surface area contributed by atoms with E-state index in [1.54, 1.807) is 0 Å². The monoisotopic (exact) mass is 224 g/mol. The molecule has 0 amide bonds. The first kappa shape index (κ1) is 11.9. The van der Waals surface area contributed by atoms with E-state index in [9.17, 15) is 0 Å². The van der Waals surface area contributed by atoms with Gasteiger partial charge in [0.15, 0.2) is 0 Å². The van der Waals surface area contributed by atoms with Crippen LogP contribution in [0.25, 0.3) is 11.1 Å². The molecule has 0 atom stereocenters. The standard InChI is InChI=1S/C14H12.C3H8/c1-10-6-7-14-12(8-10)9-11-4-2-3-5-13(11)14;1-3-2/h2-8H,9H2,1H3;3H2,1-2H3. The van der Waals surface area contributed by atoms with Gasteiger partial charge >= 0.3 is 0 Å². The Morgan fingerprint density at radius 2 is 1.53 bits per heavy atom. The third-order valence-corrected chi connectivity index (χ3v) is 2.95. The summed E-state index contributed by atoms with van der Waals surface area (Å²) < 4.78 is 0. The van der Waals surface area contributed by atoms with Gasteiger partial charge in [-0.2, -0.15) is 0 Å². The van der Waals surface area contributed by atoms with Crippen LogP contribution in [0.3, 0.4) is 0 Å². The van der Waals surface area contributed by atoms with Crippen LogP contribution in [0.4, 0.5) is 0 Å². The van der Waals surface area contributed by atoms with Crippen LogP contribution in [0.5, 0.6) is 0 Å². The van der Waals surface area contributed by atoms with E-state index in [-0.39, 0.29) is 0 Å². The Bertz CT molecular complexity index is 509. The van der Waals surface area contributed by atoms with Crippen molar-refractivity contribution in [2.75, 3.05) is 0 Å². The summed E-state index contributed by atoms with van der Waals surface area (Å²) in [5.74, 6) is 0. The molecule has 0 heterocycles. The minimum atomic E-state index is 1.10. The molecule has 0 spiro atoms. The molecule has 0 radical (unpaired) electrons. The Balaban J connectivity index is 0.000000329. The van der Waals surface area contributed by atoms with Gasteiger partial charge in [0.25, 0.3) is 0 Å². The Labute approximate surface area is 104 Å². The zero-order chi connectivity index (χ0) is 12.3. The van der Waals surface area contributed by atoms with Crippen molar-refractivity contribution in [1.29, 1.82) is 0 Å². The normalized spacial score (nSPS) is 11.2. The van der Waals surface area contributed by atoms with Crippen LogP contribution in [-0.4, -0.2) is 0 Å². The predicted octanol–water partition coefficient (Wildman–Crippen LogP) is 4.98. The molecule has 0 nitrogen and oxygen atoms in total. The highest BCUT2D eigenvalue weighted by atomic mass is 14.2. The summed E-state index contributed by atoms with van der Waals surface area (Å²) in [4.78, 5) is 0. The smallest absolute Gasteiger partial charge is 0.00134 e. The molecule has 0 saturated heterocycles. The maximum absolute atomic E-state index is 2.30. The van der Waals surface area contributed by atoms with Crippen molar-refractivity contribution in [1.82, 2.24) is 0 Å². The molecule has 0 bridgehead atoms. The molecule has 88 valence electrons. The van der Waals surface area contributed by atoms with Crippen molar-refractivity contribution < 1.29 is 0 Å². The molecule has 0 N–H and O–H groups in total. The van der Waals surface area contributed by atoms with Crippen LogP contribution in [0.15, 0.2) is 42.5 Å².